The van der Waals surface area contributed by atoms with E-state index in [9.17, 15) is 4.79 Å². The van der Waals surface area contributed by atoms with Crippen molar-refractivity contribution in [2.45, 2.75) is 19.3 Å². The van der Waals surface area contributed by atoms with Crippen LogP contribution in [0, 0.1) is 5.92 Å². The number of benzene rings is 2. The smallest absolute Gasteiger partial charge is 0.166 e. The summed E-state index contributed by atoms with van der Waals surface area (Å²) in [7, 11) is 0. The standard InChI is InChI=1S/C22H24Cl2N2O/c23-18-2-5-20(6-3-18)26-10-1-9-25(12-13-26)11-8-16-14-17-15-19(24)4-7-21(17)22(16)27/h2-7,15-16H,1,8-14H2. The molecule has 142 valence electrons. The van der Waals surface area contributed by atoms with Gasteiger partial charge in [-0.3, -0.25) is 4.79 Å². The maximum Gasteiger partial charge on any atom is 0.166 e. The van der Waals surface area contributed by atoms with E-state index in [1.165, 1.54) is 5.69 Å². The number of halogens is 2. The van der Waals surface area contributed by atoms with Crippen LogP contribution in [0.15, 0.2) is 42.5 Å². The normalized spacial score (nSPS) is 20.6. The Hall–Kier alpha value is -1.55. The van der Waals surface area contributed by atoms with Gasteiger partial charge in [0.25, 0.3) is 0 Å². The first-order chi connectivity index (χ1) is 13.1. The van der Waals surface area contributed by atoms with Crippen LogP contribution < -0.4 is 4.90 Å². The van der Waals surface area contributed by atoms with Crippen molar-refractivity contribution >= 4 is 34.7 Å². The lowest BCUT2D eigenvalue weighted by atomic mass is 10.0. The van der Waals surface area contributed by atoms with E-state index in [4.69, 9.17) is 23.2 Å². The minimum absolute atomic E-state index is 0.106. The Balaban J connectivity index is 1.31. The number of carbonyl (C=O) groups excluding carboxylic acids is 1. The molecule has 0 radical (unpaired) electrons. The Morgan fingerprint density at radius 3 is 2.52 bits per heavy atom. The molecule has 3 nitrogen and oxygen atoms in total. The van der Waals surface area contributed by atoms with Gasteiger partial charge in [0, 0.05) is 46.8 Å². The molecule has 1 atom stereocenters. The molecule has 1 fully saturated rings. The summed E-state index contributed by atoms with van der Waals surface area (Å²) in [5.41, 5.74) is 3.22. The molecule has 0 aromatic heterocycles. The van der Waals surface area contributed by atoms with Crippen molar-refractivity contribution in [3.63, 3.8) is 0 Å². The van der Waals surface area contributed by atoms with E-state index in [0.29, 0.717) is 5.78 Å². The summed E-state index contributed by atoms with van der Waals surface area (Å²) in [6.45, 7) is 5.17. The lowest BCUT2D eigenvalue weighted by Gasteiger charge is -2.24. The number of rotatable bonds is 4. The van der Waals surface area contributed by atoms with Crippen molar-refractivity contribution in [1.29, 1.82) is 0 Å². The molecule has 2 aromatic carbocycles. The molecule has 1 aliphatic heterocycles. The second-order valence-electron chi connectivity index (χ2n) is 7.51. The van der Waals surface area contributed by atoms with E-state index in [1.54, 1.807) is 0 Å². The Bertz CT molecular complexity index is 822. The van der Waals surface area contributed by atoms with E-state index < -0.39 is 0 Å². The first-order valence-corrected chi connectivity index (χ1v) is 10.4. The van der Waals surface area contributed by atoms with E-state index in [2.05, 4.69) is 21.9 Å². The molecule has 5 heteroatoms. The number of carbonyl (C=O) groups is 1. The van der Waals surface area contributed by atoms with Gasteiger partial charge in [-0.1, -0.05) is 23.2 Å². The molecule has 1 aliphatic carbocycles. The van der Waals surface area contributed by atoms with E-state index in [1.807, 2.05) is 30.3 Å². The van der Waals surface area contributed by atoms with E-state index in [-0.39, 0.29) is 5.92 Å². The summed E-state index contributed by atoms with van der Waals surface area (Å²) in [4.78, 5) is 17.6. The van der Waals surface area contributed by atoms with Crippen molar-refractivity contribution < 1.29 is 4.79 Å². The van der Waals surface area contributed by atoms with E-state index in [0.717, 1.165) is 73.2 Å². The van der Waals surface area contributed by atoms with Crippen LogP contribution in [0.5, 0.6) is 0 Å². The molecular formula is C22H24Cl2N2O. The van der Waals surface area contributed by atoms with Gasteiger partial charge in [0.15, 0.2) is 5.78 Å². The minimum atomic E-state index is 0.106. The molecule has 0 amide bonds. The van der Waals surface area contributed by atoms with Crippen LogP contribution in [0.25, 0.3) is 0 Å². The van der Waals surface area contributed by atoms with Gasteiger partial charge in [-0.2, -0.15) is 0 Å². The van der Waals surface area contributed by atoms with Crippen LogP contribution in [-0.4, -0.2) is 43.4 Å². The van der Waals surface area contributed by atoms with Gasteiger partial charge in [-0.15, -0.1) is 0 Å². The second-order valence-corrected chi connectivity index (χ2v) is 8.39. The number of fused-ring (bicyclic) bond motifs is 1. The predicted octanol–water partition coefficient (Wildman–Crippen LogP) is 4.95. The predicted molar refractivity (Wildman–Crippen MR) is 112 cm³/mol. The van der Waals surface area contributed by atoms with Gasteiger partial charge in [0.2, 0.25) is 0 Å². The van der Waals surface area contributed by atoms with Crippen LogP contribution >= 0.6 is 23.2 Å². The SMILES string of the molecule is O=C1c2ccc(Cl)cc2CC1CCN1CCCN(c2ccc(Cl)cc2)CC1. The monoisotopic (exact) mass is 402 g/mol. The van der Waals surface area contributed by atoms with Gasteiger partial charge >= 0.3 is 0 Å². The van der Waals surface area contributed by atoms with Gasteiger partial charge < -0.3 is 9.80 Å². The maximum absolute atomic E-state index is 12.6. The molecular weight excluding hydrogens is 379 g/mol. The summed E-state index contributed by atoms with van der Waals surface area (Å²) in [5.74, 6) is 0.397. The zero-order chi connectivity index (χ0) is 18.8. The fraction of sp³-hybridized carbons (Fsp3) is 0.409. The first kappa shape index (κ1) is 18.8. The second kappa shape index (κ2) is 8.22. The van der Waals surface area contributed by atoms with Gasteiger partial charge in [-0.25, -0.2) is 0 Å². The highest BCUT2D eigenvalue weighted by atomic mass is 35.5. The van der Waals surface area contributed by atoms with Crippen LogP contribution in [0.4, 0.5) is 5.69 Å². The fourth-order valence-electron chi connectivity index (χ4n) is 4.23. The molecule has 2 aliphatic rings. The molecule has 1 heterocycles. The highest BCUT2D eigenvalue weighted by Gasteiger charge is 2.30. The maximum atomic E-state index is 12.6. The quantitative estimate of drug-likeness (QED) is 0.722. The Labute approximate surface area is 170 Å². The number of anilines is 1. The first-order valence-electron chi connectivity index (χ1n) is 9.65. The molecule has 4 rings (SSSR count). The summed E-state index contributed by atoms with van der Waals surface area (Å²) in [5, 5.41) is 1.50. The number of nitrogens with zero attached hydrogens (tertiary/aromatic N) is 2. The number of hydrogen-bond donors (Lipinski definition) is 0. The lowest BCUT2D eigenvalue weighted by molar-refractivity contribution is 0.0921. The average molecular weight is 403 g/mol. The third kappa shape index (κ3) is 4.31. The molecule has 2 aromatic rings. The number of hydrogen-bond acceptors (Lipinski definition) is 3. The van der Waals surface area contributed by atoms with Crippen LogP contribution in [-0.2, 0) is 6.42 Å². The highest BCUT2D eigenvalue weighted by molar-refractivity contribution is 6.31. The Morgan fingerprint density at radius 1 is 0.926 bits per heavy atom. The molecule has 1 saturated heterocycles. The van der Waals surface area contributed by atoms with Crippen molar-refractivity contribution in [3.05, 3.63) is 63.6 Å². The summed E-state index contributed by atoms with van der Waals surface area (Å²) >= 11 is 12.1. The Kier molecular flexibility index (Phi) is 5.72. The zero-order valence-electron chi connectivity index (χ0n) is 15.3. The van der Waals surface area contributed by atoms with E-state index >= 15 is 0 Å². The van der Waals surface area contributed by atoms with Gasteiger partial charge in [0.05, 0.1) is 0 Å². The minimum Gasteiger partial charge on any atom is -0.370 e. The molecule has 27 heavy (non-hydrogen) atoms. The molecule has 0 N–H and O–H groups in total. The van der Waals surface area contributed by atoms with Crippen molar-refractivity contribution in [3.8, 4) is 0 Å². The largest absolute Gasteiger partial charge is 0.370 e. The summed E-state index contributed by atoms with van der Waals surface area (Å²) in [6.07, 6.45) is 2.89. The third-order valence-corrected chi connectivity index (χ3v) is 6.23. The van der Waals surface area contributed by atoms with Gasteiger partial charge in [-0.05, 0) is 80.4 Å². The highest BCUT2D eigenvalue weighted by Crippen LogP contribution is 2.31. The zero-order valence-corrected chi connectivity index (χ0v) is 16.8. The number of ketones is 1. The van der Waals surface area contributed by atoms with Crippen LogP contribution in [0.2, 0.25) is 10.0 Å². The molecule has 0 bridgehead atoms. The summed E-state index contributed by atoms with van der Waals surface area (Å²) < 4.78 is 0. The lowest BCUT2D eigenvalue weighted by Crippen LogP contribution is -2.32. The van der Waals surface area contributed by atoms with Gasteiger partial charge in [0.1, 0.15) is 0 Å². The van der Waals surface area contributed by atoms with Crippen molar-refractivity contribution in [2.24, 2.45) is 5.92 Å². The number of Topliss-reactive ketones (excluding diaryl/α,β-unsaturated/α-hetero) is 1. The third-order valence-electron chi connectivity index (χ3n) is 5.74. The Morgan fingerprint density at radius 2 is 1.70 bits per heavy atom. The molecule has 0 saturated carbocycles. The van der Waals surface area contributed by atoms with Crippen molar-refractivity contribution in [2.75, 3.05) is 37.6 Å². The molecule has 1 unspecified atom stereocenters. The summed E-state index contributed by atoms with van der Waals surface area (Å²) in [6, 6.07) is 13.8. The van der Waals surface area contributed by atoms with Crippen LogP contribution in [0.1, 0.15) is 28.8 Å². The van der Waals surface area contributed by atoms with Crippen LogP contribution in [0.3, 0.4) is 0 Å². The molecule has 0 spiro atoms. The van der Waals surface area contributed by atoms with Crippen molar-refractivity contribution in [1.82, 2.24) is 4.90 Å². The topological polar surface area (TPSA) is 23.6 Å². The average Bonchev–Trinajstić information content (AvgIpc) is 2.83. The fourth-order valence-corrected chi connectivity index (χ4v) is 4.55.